The largest absolute Gasteiger partial charge is 0.491 e. The number of methoxy groups -OCH3 is 1. The Morgan fingerprint density at radius 2 is 1.48 bits per heavy atom. The van der Waals surface area contributed by atoms with E-state index >= 15 is 0 Å². The van der Waals surface area contributed by atoms with Gasteiger partial charge in [0.15, 0.2) is 5.76 Å². The number of aromatic nitrogens is 2. The molecule has 3 rings (SSSR count). The highest BCUT2D eigenvalue weighted by molar-refractivity contribution is 6.25. The van der Waals surface area contributed by atoms with Gasteiger partial charge in [0.2, 0.25) is 5.78 Å². The fourth-order valence-electron chi connectivity index (χ4n) is 2.61. The molecule has 0 spiro atoms. The molecule has 0 aliphatic heterocycles. The van der Waals surface area contributed by atoms with Crippen molar-refractivity contribution < 1.29 is 14.3 Å². The standard InChI is InChI=1S/C17H15N3O3/c1-9-6-10(2)8-11(7-9)20-14-15(21)12-13(19-5-4-18-12)16(22)17(14)23-3/h4-8,20H,1-3H3. The molecule has 0 amide bonds. The van der Waals surface area contributed by atoms with Gasteiger partial charge in [0.05, 0.1) is 7.11 Å². The number of hydrogen-bond donors (Lipinski definition) is 1. The molecule has 1 N–H and O–H groups in total. The Kier molecular flexibility index (Phi) is 3.65. The van der Waals surface area contributed by atoms with Crippen LogP contribution in [-0.4, -0.2) is 28.6 Å². The second kappa shape index (κ2) is 5.64. The van der Waals surface area contributed by atoms with Crippen molar-refractivity contribution in [2.24, 2.45) is 0 Å². The minimum atomic E-state index is -0.456. The molecule has 0 fully saturated rings. The Balaban J connectivity index is 2.09. The third kappa shape index (κ3) is 2.59. The molecule has 1 aliphatic carbocycles. The van der Waals surface area contributed by atoms with Gasteiger partial charge in [-0.25, -0.2) is 9.97 Å². The third-order valence-corrected chi connectivity index (χ3v) is 3.48. The number of rotatable bonds is 3. The maximum atomic E-state index is 12.7. The van der Waals surface area contributed by atoms with Gasteiger partial charge in [0.1, 0.15) is 17.1 Å². The first-order valence-corrected chi connectivity index (χ1v) is 7.05. The lowest BCUT2D eigenvalue weighted by atomic mass is 9.99. The van der Waals surface area contributed by atoms with Crippen molar-refractivity contribution in [2.45, 2.75) is 13.8 Å². The summed E-state index contributed by atoms with van der Waals surface area (Å²) in [7, 11) is 1.35. The normalized spacial score (nSPS) is 13.9. The van der Waals surface area contributed by atoms with Gasteiger partial charge in [-0.3, -0.25) is 9.59 Å². The van der Waals surface area contributed by atoms with E-state index in [4.69, 9.17) is 4.74 Å². The maximum absolute atomic E-state index is 12.7. The number of ketones is 2. The Morgan fingerprint density at radius 3 is 2.04 bits per heavy atom. The van der Waals surface area contributed by atoms with Crippen molar-refractivity contribution in [1.82, 2.24) is 9.97 Å². The number of ether oxygens (including phenoxy) is 1. The van der Waals surface area contributed by atoms with Gasteiger partial charge in [-0.2, -0.15) is 0 Å². The van der Waals surface area contributed by atoms with Gasteiger partial charge in [-0.15, -0.1) is 0 Å². The van der Waals surface area contributed by atoms with Crippen LogP contribution in [0.25, 0.3) is 0 Å². The van der Waals surface area contributed by atoms with E-state index in [1.165, 1.54) is 19.5 Å². The Labute approximate surface area is 133 Å². The summed E-state index contributed by atoms with van der Waals surface area (Å²) in [5, 5.41) is 3.00. The summed E-state index contributed by atoms with van der Waals surface area (Å²) in [5.74, 6) is -0.923. The van der Waals surface area contributed by atoms with Crippen LogP contribution in [0.2, 0.25) is 0 Å². The van der Waals surface area contributed by atoms with Gasteiger partial charge >= 0.3 is 0 Å². The predicted octanol–water partition coefficient (Wildman–Crippen LogP) is 2.44. The lowest BCUT2D eigenvalue weighted by Crippen LogP contribution is -2.29. The third-order valence-electron chi connectivity index (χ3n) is 3.48. The van der Waals surface area contributed by atoms with Crippen LogP contribution in [0.3, 0.4) is 0 Å². The highest BCUT2D eigenvalue weighted by Gasteiger charge is 2.35. The number of Topliss-reactive ketones (excluding diaryl/α,β-unsaturated/α-hetero) is 2. The Hall–Kier alpha value is -3.02. The van der Waals surface area contributed by atoms with Crippen LogP contribution in [0.1, 0.15) is 32.1 Å². The van der Waals surface area contributed by atoms with Gasteiger partial charge in [0.25, 0.3) is 5.78 Å². The van der Waals surface area contributed by atoms with E-state index in [1.54, 1.807) is 0 Å². The quantitative estimate of drug-likeness (QED) is 0.938. The first-order chi connectivity index (χ1) is 11.0. The number of hydrogen-bond acceptors (Lipinski definition) is 6. The molecule has 6 heteroatoms. The van der Waals surface area contributed by atoms with E-state index in [2.05, 4.69) is 15.3 Å². The molecule has 116 valence electrons. The zero-order chi connectivity index (χ0) is 16.6. The zero-order valence-electron chi connectivity index (χ0n) is 13.0. The van der Waals surface area contributed by atoms with Crippen LogP contribution < -0.4 is 5.32 Å². The number of nitrogens with zero attached hydrogens (tertiary/aromatic N) is 2. The number of fused-ring (bicyclic) bond motifs is 1. The number of aryl methyl sites for hydroxylation is 2. The highest BCUT2D eigenvalue weighted by Crippen LogP contribution is 2.26. The summed E-state index contributed by atoms with van der Waals surface area (Å²) in [4.78, 5) is 33.0. The SMILES string of the molecule is COC1=C(Nc2cc(C)cc(C)c2)C(=O)c2nccnc2C1=O. The smallest absolute Gasteiger partial charge is 0.250 e. The van der Waals surface area contributed by atoms with E-state index in [9.17, 15) is 9.59 Å². The lowest BCUT2D eigenvalue weighted by molar-refractivity contribution is 0.0899. The first-order valence-electron chi connectivity index (χ1n) is 7.05. The monoisotopic (exact) mass is 309 g/mol. The number of benzene rings is 1. The number of carbonyl (C=O) groups excluding carboxylic acids is 2. The van der Waals surface area contributed by atoms with Crippen molar-refractivity contribution in [2.75, 3.05) is 12.4 Å². The second-order valence-corrected chi connectivity index (χ2v) is 5.32. The summed E-state index contributed by atoms with van der Waals surface area (Å²) >= 11 is 0. The minimum absolute atomic E-state index is 0.0142. The Morgan fingerprint density at radius 1 is 0.913 bits per heavy atom. The van der Waals surface area contributed by atoms with Crippen LogP contribution in [0.4, 0.5) is 5.69 Å². The molecule has 0 radical (unpaired) electrons. The molecule has 0 bridgehead atoms. The molecule has 1 heterocycles. The molecule has 6 nitrogen and oxygen atoms in total. The topological polar surface area (TPSA) is 81.2 Å². The Bertz CT molecular complexity index is 836. The summed E-state index contributed by atoms with van der Waals surface area (Å²) in [5.41, 5.74) is 2.92. The van der Waals surface area contributed by atoms with Crippen molar-refractivity contribution in [3.05, 3.63) is 64.6 Å². The maximum Gasteiger partial charge on any atom is 0.250 e. The molecule has 0 saturated heterocycles. The van der Waals surface area contributed by atoms with Crippen molar-refractivity contribution >= 4 is 17.3 Å². The minimum Gasteiger partial charge on any atom is -0.491 e. The van der Waals surface area contributed by atoms with E-state index in [-0.39, 0.29) is 22.8 Å². The molecule has 1 aromatic heterocycles. The number of anilines is 1. The van der Waals surface area contributed by atoms with Gasteiger partial charge in [0, 0.05) is 18.1 Å². The fraction of sp³-hybridized carbons (Fsp3) is 0.176. The van der Waals surface area contributed by atoms with Crippen molar-refractivity contribution in [3.63, 3.8) is 0 Å². The van der Waals surface area contributed by atoms with Gasteiger partial charge in [-0.05, 0) is 37.1 Å². The molecular formula is C17H15N3O3. The molecule has 23 heavy (non-hydrogen) atoms. The molecule has 2 aromatic rings. The van der Waals surface area contributed by atoms with Crippen LogP contribution in [0.5, 0.6) is 0 Å². The predicted molar refractivity (Wildman–Crippen MR) is 84.3 cm³/mol. The summed E-state index contributed by atoms with van der Waals surface area (Å²) in [6.45, 7) is 3.91. The zero-order valence-corrected chi connectivity index (χ0v) is 13.0. The summed E-state index contributed by atoms with van der Waals surface area (Å²) < 4.78 is 5.15. The highest BCUT2D eigenvalue weighted by atomic mass is 16.5. The number of nitrogens with one attached hydrogen (secondary N) is 1. The molecular weight excluding hydrogens is 294 g/mol. The van der Waals surface area contributed by atoms with E-state index in [0.717, 1.165) is 11.1 Å². The lowest BCUT2D eigenvalue weighted by Gasteiger charge is -2.19. The first kappa shape index (κ1) is 14.9. The van der Waals surface area contributed by atoms with Crippen molar-refractivity contribution in [3.8, 4) is 0 Å². The average molecular weight is 309 g/mol. The average Bonchev–Trinajstić information content (AvgIpc) is 2.52. The van der Waals surface area contributed by atoms with E-state index in [0.29, 0.717) is 5.69 Å². The van der Waals surface area contributed by atoms with Gasteiger partial charge in [-0.1, -0.05) is 6.07 Å². The van der Waals surface area contributed by atoms with Crippen LogP contribution >= 0.6 is 0 Å². The molecule has 1 aliphatic rings. The van der Waals surface area contributed by atoms with E-state index < -0.39 is 11.6 Å². The summed E-state index contributed by atoms with van der Waals surface area (Å²) in [6, 6.07) is 5.79. The van der Waals surface area contributed by atoms with Crippen molar-refractivity contribution in [1.29, 1.82) is 0 Å². The molecule has 1 aromatic carbocycles. The van der Waals surface area contributed by atoms with Crippen LogP contribution in [0.15, 0.2) is 42.0 Å². The number of carbonyl (C=O) groups is 2. The molecule has 0 unspecified atom stereocenters. The molecule has 0 atom stereocenters. The fourth-order valence-corrected chi connectivity index (χ4v) is 2.61. The van der Waals surface area contributed by atoms with Gasteiger partial charge < -0.3 is 10.1 Å². The number of allylic oxidation sites excluding steroid dienone is 2. The molecule has 0 saturated carbocycles. The van der Waals surface area contributed by atoms with Crippen LogP contribution in [-0.2, 0) is 4.74 Å². The van der Waals surface area contributed by atoms with Crippen LogP contribution in [0, 0.1) is 13.8 Å². The van der Waals surface area contributed by atoms with E-state index in [1.807, 2.05) is 32.0 Å². The second-order valence-electron chi connectivity index (χ2n) is 5.32. The summed E-state index contributed by atoms with van der Waals surface area (Å²) in [6.07, 6.45) is 2.76.